The average molecular weight is 300 g/mol. The van der Waals surface area contributed by atoms with Crippen molar-refractivity contribution in [3.05, 3.63) is 28.8 Å². The SMILES string of the molecule is CC[C@@H](OC)C(=O)N[C@H]1CCSc2ccc(Cl)cc21. The van der Waals surface area contributed by atoms with Crippen LogP contribution in [0, 0.1) is 0 Å². The third-order valence-corrected chi connectivity index (χ3v) is 4.63. The first kappa shape index (κ1) is 14.7. The lowest BCUT2D eigenvalue weighted by molar-refractivity contribution is -0.132. The molecule has 2 atom stereocenters. The summed E-state index contributed by atoms with van der Waals surface area (Å²) in [5, 5.41) is 3.78. The van der Waals surface area contributed by atoms with Crippen molar-refractivity contribution in [2.24, 2.45) is 0 Å². The molecule has 1 amide bonds. The van der Waals surface area contributed by atoms with E-state index in [1.54, 1.807) is 18.9 Å². The van der Waals surface area contributed by atoms with E-state index in [4.69, 9.17) is 16.3 Å². The molecule has 0 radical (unpaired) electrons. The van der Waals surface area contributed by atoms with Crippen LogP contribution >= 0.6 is 23.4 Å². The zero-order valence-electron chi connectivity index (χ0n) is 11.1. The van der Waals surface area contributed by atoms with Crippen molar-refractivity contribution in [3.8, 4) is 0 Å². The third-order valence-electron chi connectivity index (χ3n) is 3.28. The molecule has 0 saturated heterocycles. The third kappa shape index (κ3) is 3.44. The van der Waals surface area contributed by atoms with Gasteiger partial charge in [-0.3, -0.25) is 4.79 Å². The first-order valence-electron chi connectivity index (χ1n) is 6.41. The van der Waals surface area contributed by atoms with Crippen LogP contribution in [0.5, 0.6) is 0 Å². The molecule has 0 unspecified atom stereocenters. The molecule has 0 fully saturated rings. The highest BCUT2D eigenvalue weighted by Gasteiger charge is 2.25. The molecule has 1 aliphatic rings. The number of ether oxygens (including phenoxy) is 1. The zero-order chi connectivity index (χ0) is 13.8. The number of hydrogen-bond acceptors (Lipinski definition) is 3. The normalized spacial score (nSPS) is 19.6. The zero-order valence-corrected chi connectivity index (χ0v) is 12.7. The van der Waals surface area contributed by atoms with Gasteiger partial charge in [0.25, 0.3) is 0 Å². The largest absolute Gasteiger partial charge is 0.372 e. The van der Waals surface area contributed by atoms with Crippen LogP contribution in [0.25, 0.3) is 0 Å². The fraction of sp³-hybridized carbons (Fsp3) is 0.500. The Kier molecular flexibility index (Phi) is 5.13. The van der Waals surface area contributed by atoms with Crippen LogP contribution in [0.4, 0.5) is 0 Å². The summed E-state index contributed by atoms with van der Waals surface area (Å²) >= 11 is 7.86. The summed E-state index contributed by atoms with van der Waals surface area (Å²) in [6, 6.07) is 5.89. The fourth-order valence-corrected chi connectivity index (χ4v) is 3.53. The van der Waals surface area contributed by atoms with Gasteiger partial charge in [0.05, 0.1) is 6.04 Å². The lowest BCUT2D eigenvalue weighted by Crippen LogP contribution is -2.38. The second-order valence-corrected chi connectivity index (χ2v) is 6.09. The first-order chi connectivity index (χ1) is 9.15. The minimum absolute atomic E-state index is 0.0339. The van der Waals surface area contributed by atoms with E-state index >= 15 is 0 Å². The molecular formula is C14H18ClNO2S. The van der Waals surface area contributed by atoms with Crippen molar-refractivity contribution in [2.75, 3.05) is 12.9 Å². The van der Waals surface area contributed by atoms with E-state index in [-0.39, 0.29) is 18.1 Å². The smallest absolute Gasteiger partial charge is 0.249 e. The summed E-state index contributed by atoms with van der Waals surface area (Å²) in [5.74, 6) is 0.955. The molecule has 1 aromatic rings. The Morgan fingerprint density at radius 1 is 1.63 bits per heavy atom. The van der Waals surface area contributed by atoms with E-state index in [1.807, 2.05) is 25.1 Å². The van der Waals surface area contributed by atoms with Crippen molar-refractivity contribution >= 4 is 29.3 Å². The fourth-order valence-electron chi connectivity index (χ4n) is 2.24. The van der Waals surface area contributed by atoms with Gasteiger partial charge >= 0.3 is 0 Å². The Hall–Kier alpha value is -0.710. The Balaban J connectivity index is 2.15. The Bertz CT molecular complexity index is 463. The van der Waals surface area contributed by atoms with Crippen molar-refractivity contribution in [1.29, 1.82) is 0 Å². The summed E-state index contributed by atoms with van der Waals surface area (Å²) in [7, 11) is 1.56. The van der Waals surface area contributed by atoms with E-state index in [9.17, 15) is 4.79 Å². The molecule has 0 bridgehead atoms. The number of halogens is 1. The minimum Gasteiger partial charge on any atom is -0.372 e. The number of hydrogen-bond donors (Lipinski definition) is 1. The number of nitrogens with one attached hydrogen (secondary N) is 1. The van der Waals surface area contributed by atoms with Crippen molar-refractivity contribution < 1.29 is 9.53 Å². The molecule has 0 spiro atoms. The van der Waals surface area contributed by atoms with E-state index in [1.165, 1.54) is 4.90 Å². The first-order valence-corrected chi connectivity index (χ1v) is 7.77. The highest BCUT2D eigenvalue weighted by Crippen LogP contribution is 2.37. The molecule has 19 heavy (non-hydrogen) atoms. The molecular weight excluding hydrogens is 282 g/mol. The topological polar surface area (TPSA) is 38.3 Å². The van der Waals surface area contributed by atoms with Crippen LogP contribution in [-0.4, -0.2) is 24.9 Å². The molecule has 1 N–H and O–H groups in total. The average Bonchev–Trinajstić information content (AvgIpc) is 2.41. The van der Waals surface area contributed by atoms with Crippen molar-refractivity contribution in [3.63, 3.8) is 0 Å². The van der Waals surface area contributed by atoms with Crippen molar-refractivity contribution in [1.82, 2.24) is 5.32 Å². The maximum atomic E-state index is 12.1. The summed E-state index contributed by atoms with van der Waals surface area (Å²) in [6.07, 6.45) is 1.22. The predicted octanol–water partition coefficient (Wildman–Crippen LogP) is 3.42. The predicted molar refractivity (Wildman–Crippen MR) is 78.8 cm³/mol. The molecule has 0 aromatic heterocycles. The number of amides is 1. The van der Waals surface area contributed by atoms with Gasteiger partial charge in [0.15, 0.2) is 0 Å². The Morgan fingerprint density at radius 3 is 3.11 bits per heavy atom. The molecule has 104 valence electrons. The van der Waals surface area contributed by atoms with Crippen LogP contribution in [0.3, 0.4) is 0 Å². The van der Waals surface area contributed by atoms with E-state index in [2.05, 4.69) is 5.32 Å². The van der Waals surface area contributed by atoms with Crippen LogP contribution < -0.4 is 5.32 Å². The highest BCUT2D eigenvalue weighted by atomic mass is 35.5. The Morgan fingerprint density at radius 2 is 2.42 bits per heavy atom. The van der Waals surface area contributed by atoms with Gasteiger partial charge in [-0.2, -0.15) is 0 Å². The highest BCUT2D eigenvalue weighted by molar-refractivity contribution is 7.99. The van der Waals surface area contributed by atoms with E-state index < -0.39 is 0 Å². The summed E-state index contributed by atoms with van der Waals surface area (Å²) < 4.78 is 5.17. The van der Waals surface area contributed by atoms with Gasteiger partial charge in [-0.15, -0.1) is 11.8 Å². The molecule has 0 saturated carbocycles. The number of carbonyl (C=O) groups excluding carboxylic acids is 1. The maximum Gasteiger partial charge on any atom is 0.249 e. The van der Waals surface area contributed by atoms with Crippen LogP contribution in [0.2, 0.25) is 5.02 Å². The molecule has 1 heterocycles. The molecule has 2 rings (SSSR count). The van der Waals surface area contributed by atoms with Gasteiger partial charge < -0.3 is 10.1 Å². The molecule has 0 aliphatic carbocycles. The molecule has 5 heteroatoms. The van der Waals surface area contributed by atoms with Crippen LogP contribution in [0.15, 0.2) is 23.1 Å². The number of fused-ring (bicyclic) bond motifs is 1. The van der Waals surface area contributed by atoms with Gasteiger partial charge in [0.1, 0.15) is 6.10 Å². The summed E-state index contributed by atoms with van der Waals surface area (Å²) in [5.41, 5.74) is 1.11. The lowest BCUT2D eigenvalue weighted by atomic mass is 10.0. The molecule has 3 nitrogen and oxygen atoms in total. The lowest BCUT2D eigenvalue weighted by Gasteiger charge is -2.27. The molecule has 1 aromatic carbocycles. The summed E-state index contributed by atoms with van der Waals surface area (Å²) in [4.78, 5) is 13.3. The second-order valence-electron chi connectivity index (χ2n) is 4.51. The van der Waals surface area contributed by atoms with Gasteiger partial charge in [-0.25, -0.2) is 0 Å². The monoisotopic (exact) mass is 299 g/mol. The number of methoxy groups -OCH3 is 1. The van der Waals surface area contributed by atoms with Gasteiger partial charge in [0, 0.05) is 22.8 Å². The molecule has 1 aliphatic heterocycles. The quantitative estimate of drug-likeness (QED) is 0.926. The van der Waals surface area contributed by atoms with Crippen LogP contribution in [0.1, 0.15) is 31.4 Å². The van der Waals surface area contributed by atoms with E-state index in [0.29, 0.717) is 11.4 Å². The standard InChI is InChI=1S/C14H18ClNO2S/c1-3-12(18-2)14(17)16-11-6-7-19-13-5-4-9(15)8-10(11)13/h4-5,8,11-12H,3,6-7H2,1-2H3,(H,16,17)/t11-,12+/m0/s1. The van der Waals surface area contributed by atoms with Crippen molar-refractivity contribution in [2.45, 2.75) is 36.8 Å². The van der Waals surface area contributed by atoms with Gasteiger partial charge in [0.2, 0.25) is 5.91 Å². The summed E-state index contributed by atoms with van der Waals surface area (Å²) in [6.45, 7) is 1.94. The van der Waals surface area contributed by atoms with Gasteiger partial charge in [-0.05, 0) is 36.6 Å². The minimum atomic E-state index is -0.378. The van der Waals surface area contributed by atoms with Crippen LogP contribution in [-0.2, 0) is 9.53 Å². The van der Waals surface area contributed by atoms with Gasteiger partial charge in [-0.1, -0.05) is 18.5 Å². The Labute approximate surface area is 123 Å². The second kappa shape index (κ2) is 6.64. The number of thioether (sulfide) groups is 1. The van der Waals surface area contributed by atoms with E-state index in [0.717, 1.165) is 17.7 Å². The maximum absolute atomic E-state index is 12.1. The number of rotatable bonds is 4. The number of carbonyl (C=O) groups is 1. The number of benzene rings is 1.